The maximum absolute atomic E-state index is 13.4. The van der Waals surface area contributed by atoms with Gasteiger partial charge in [0.1, 0.15) is 24.1 Å². The van der Waals surface area contributed by atoms with Gasteiger partial charge in [0, 0.05) is 0 Å². The van der Waals surface area contributed by atoms with E-state index in [0.717, 1.165) is 28.8 Å². The third-order valence-corrected chi connectivity index (χ3v) is 7.76. The van der Waals surface area contributed by atoms with Crippen LogP contribution < -0.4 is 16.2 Å². The van der Waals surface area contributed by atoms with E-state index in [9.17, 15) is 32.9 Å². The minimum Gasteiger partial charge on any atom is -0.756 e. The molecule has 3 unspecified atom stereocenters. The summed E-state index contributed by atoms with van der Waals surface area (Å²) in [5.74, 6) is -0.554. The standard InChI is InChI=1S/C16H16N5O10PS/c17-15-19-12-9(13(24)20-15)18-16(33(27,28)7-3-1-6(22)2-4-7)21(12)14-10(23)11-8(30-14)5-29-32(25,26)31-11/h1-4,8,10-11,14,22-23H,5H2,(H,25,26)(H3,17,19,20,24)/p-1/t8?,10?,11-,14-/m1/s1. The molecule has 0 bridgehead atoms. The first kappa shape index (κ1) is 22.0. The number of phosphoric acid groups is 1. The zero-order valence-corrected chi connectivity index (χ0v) is 18.0. The lowest BCUT2D eigenvalue weighted by Crippen LogP contribution is -2.41. The van der Waals surface area contributed by atoms with E-state index >= 15 is 0 Å². The van der Waals surface area contributed by atoms with Gasteiger partial charge >= 0.3 is 0 Å². The van der Waals surface area contributed by atoms with Crippen LogP contribution in [0.1, 0.15) is 6.23 Å². The third-order valence-electron chi connectivity index (χ3n) is 5.14. The zero-order chi connectivity index (χ0) is 23.7. The van der Waals surface area contributed by atoms with Gasteiger partial charge in [0.15, 0.2) is 17.4 Å². The molecule has 15 nitrogen and oxygen atoms in total. The number of phosphoric ester groups is 1. The van der Waals surface area contributed by atoms with Gasteiger partial charge in [-0.15, -0.1) is 0 Å². The summed E-state index contributed by atoms with van der Waals surface area (Å²) in [5.41, 5.74) is 4.01. The topological polar surface area (TPSA) is 232 Å². The Labute approximate surface area is 183 Å². The molecule has 2 fully saturated rings. The fourth-order valence-corrected chi connectivity index (χ4v) is 5.99. The van der Waals surface area contributed by atoms with Crippen molar-refractivity contribution in [3.8, 4) is 5.75 Å². The first-order chi connectivity index (χ1) is 15.5. The molecule has 2 saturated heterocycles. The van der Waals surface area contributed by atoms with Crippen molar-refractivity contribution >= 4 is 34.8 Å². The minimum atomic E-state index is -4.71. The Balaban J connectivity index is 1.72. The van der Waals surface area contributed by atoms with Crippen molar-refractivity contribution in [1.29, 1.82) is 0 Å². The van der Waals surface area contributed by atoms with E-state index in [1.165, 1.54) is 0 Å². The number of imidazole rings is 1. The summed E-state index contributed by atoms with van der Waals surface area (Å²) in [4.78, 5) is 33.8. The Morgan fingerprint density at radius 2 is 1.97 bits per heavy atom. The normalized spacial score (nSPS) is 29.9. The number of nitrogens with one attached hydrogen (secondary N) is 1. The van der Waals surface area contributed by atoms with E-state index in [1.54, 1.807) is 0 Å². The lowest BCUT2D eigenvalue weighted by Gasteiger charge is -2.34. The number of anilines is 1. The molecule has 3 aromatic rings. The average molecular weight is 500 g/mol. The number of sulfone groups is 1. The summed E-state index contributed by atoms with van der Waals surface area (Å²) in [6, 6.07) is 4.48. The maximum Gasteiger partial charge on any atom is 0.280 e. The fourth-order valence-electron chi connectivity index (χ4n) is 3.67. The Hall–Kier alpha value is -2.85. The van der Waals surface area contributed by atoms with Gasteiger partial charge in [0.05, 0.1) is 11.5 Å². The monoisotopic (exact) mass is 500 g/mol. The van der Waals surface area contributed by atoms with E-state index in [2.05, 4.69) is 19.5 Å². The lowest BCUT2D eigenvalue weighted by molar-refractivity contribution is -0.245. The summed E-state index contributed by atoms with van der Waals surface area (Å²) >= 11 is 0. The van der Waals surface area contributed by atoms with Gasteiger partial charge in [-0.3, -0.25) is 18.9 Å². The van der Waals surface area contributed by atoms with Crippen molar-refractivity contribution in [1.82, 2.24) is 19.5 Å². The molecular weight excluding hydrogens is 485 g/mol. The number of phenols is 1. The largest absolute Gasteiger partial charge is 0.756 e. The Kier molecular flexibility index (Phi) is 4.88. The number of aromatic amines is 1. The average Bonchev–Trinajstić information content (AvgIpc) is 3.26. The van der Waals surface area contributed by atoms with Gasteiger partial charge in [-0.2, -0.15) is 4.98 Å². The van der Waals surface area contributed by atoms with E-state index in [4.69, 9.17) is 15.0 Å². The van der Waals surface area contributed by atoms with Crippen LogP contribution in [-0.2, 0) is 28.2 Å². The SMILES string of the molecule is Nc1nc2c(nc(S(=O)(=O)c3ccc(O)cc3)n2[C@@H]2OC3COP(=O)([O-])O[C@H]3C2O)c(=O)[nH]1. The number of nitrogens with two attached hydrogens (primary N) is 1. The van der Waals surface area contributed by atoms with Crippen LogP contribution in [0.5, 0.6) is 5.75 Å². The molecule has 4 heterocycles. The number of hydrogen-bond acceptors (Lipinski definition) is 13. The van der Waals surface area contributed by atoms with Crippen molar-refractivity contribution in [2.24, 2.45) is 0 Å². The number of ether oxygens (including phenoxy) is 1. The van der Waals surface area contributed by atoms with Crippen molar-refractivity contribution in [3.05, 3.63) is 34.6 Å². The van der Waals surface area contributed by atoms with Crippen molar-refractivity contribution in [3.63, 3.8) is 0 Å². The van der Waals surface area contributed by atoms with Crippen LogP contribution in [-0.4, -0.2) is 63.1 Å². The van der Waals surface area contributed by atoms with Gasteiger partial charge in [-0.05, 0) is 24.3 Å². The number of fused-ring (bicyclic) bond motifs is 2. The number of hydrogen-bond donors (Lipinski definition) is 4. The fraction of sp³-hybridized carbons (Fsp3) is 0.312. The zero-order valence-electron chi connectivity index (χ0n) is 16.3. The molecule has 2 aromatic heterocycles. The number of benzene rings is 1. The van der Waals surface area contributed by atoms with Crippen LogP contribution in [0.2, 0.25) is 0 Å². The molecule has 0 radical (unpaired) electrons. The second-order valence-corrected chi connectivity index (χ2v) is 10.5. The molecule has 0 spiro atoms. The number of nitrogens with zero attached hydrogens (tertiary/aromatic N) is 3. The van der Waals surface area contributed by atoms with E-state index < -0.39 is 65.0 Å². The van der Waals surface area contributed by atoms with E-state index in [-0.39, 0.29) is 22.2 Å². The van der Waals surface area contributed by atoms with Crippen LogP contribution >= 0.6 is 7.82 Å². The molecule has 5 rings (SSSR count). The van der Waals surface area contributed by atoms with Crippen molar-refractivity contribution in [2.75, 3.05) is 12.3 Å². The van der Waals surface area contributed by atoms with E-state index in [0.29, 0.717) is 0 Å². The second kappa shape index (κ2) is 7.33. The Bertz CT molecular complexity index is 1470. The highest BCUT2D eigenvalue weighted by Crippen LogP contribution is 2.50. The number of H-pyrrole nitrogens is 1. The third kappa shape index (κ3) is 3.52. The molecule has 33 heavy (non-hydrogen) atoms. The maximum atomic E-state index is 13.4. The predicted octanol–water partition coefficient (Wildman–Crippen LogP) is -1.62. The summed E-state index contributed by atoms with van der Waals surface area (Å²) in [6.45, 7) is -0.484. The van der Waals surface area contributed by atoms with Gasteiger partial charge in [-0.1, -0.05) is 0 Å². The molecule has 17 heteroatoms. The molecule has 1 aromatic carbocycles. The molecule has 2 aliphatic rings. The van der Waals surface area contributed by atoms with Gasteiger partial charge in [-0.25, -0.2) is 13.4 Å². The number of aromatic nitrogens is 4. The number of phenolic OH excluding ortho intramolecular Hbond substituents is 1. The highest BCUT2D eigenvalue weighted by molar-refractivity contribution is 7.91. The van der Waals surface area contributed by atoms with Crippen LogP contribution in [0, 0.1) is 0 Å². The minimum absolute atomic E-state index is 0.189. The first-order valence-electron chi connectivity index (χ1n) is 9.27. The highest BCUT2D eigenvalue weighted by Gasteiger charge is 2.51. The van der Waals surface area contributed by atoms with Crippen LogP contribution in [0.3, 0.4) is 0 Å². The number of rotatable bonds is 3. The summed E-state index contributed by atoms with van der Waals surface area (Å²) in [5, 5.41) is 19.5. The molecule has 176 valence electrons. The van der Waals surface area contributed by atoms with Gasteiger partial charge in [0.25, 0.3) is 13.4 Å². The number of aromatic hydroxyl groups is 1. The van der Waals surface area contributed by atoms with E-state index in [1.807, 2.05) is 0 Å². The molecule has 0 saturated carbocycles. The van der Waals surface area contributed by atoms with Crippen molar-refractivity contribution < 1.29 is 41.9 Å². The van der Waals surface area contributed by atoms with Gasteiger partial charge in [0.2, 0.25) is 20.9 Å². The Morgan fingerprint density at radius 1 is 1.27 bits per heavy atom. The molecule has 5 N–H and O–H groups in total. The van der Waals surface area contributed by atoms with Crippen LogP contribution in [0.25, 0.3) is 11.2 Å². The second-order valence-electron chi connectivity index (χ2n) is 7.25. The lowest BCUT2D eigenvalue weighted by atomic mass is 10.1. The molecule has 2 aliphatic heterocycles. The first-order valence-corrected chi connectivity index (χ1v) is 12.2. The summed E-state index contributed by atoms with van der Waals surface area (Å²) < 4.78 is 54.3. The molecular formula is C16H15N5O10PS-. The molecule has 0 amide bonds. The number of nitrogen functional groups attached to an aromatic ring is 1. The quantitative estimate of drug-likeness (QED) is 0.297. The molecule has 0 aliphatic carbocycles. The predicted molar refractivity (Wildman–Crippen MR) is 104 cm³/mol. The number of aliphatic hydroxyl groups is 1. The van der Waals surface area contributed by atoms with Crippen LogP contribution in [0.4, 0.5) is 5.95 Å². The van der Waals surface area contributed by atoms with Gasteiger partial charge < -0.3 is 34.6 Å². The summed E-state index contributed by atoms with van der Waals surface area (Å²) in [7, 11) is -9.17. The molecule has 5 atom stereocenters. The Morgan fingerprint density at radius 3 is 2.67 bits per heavy atom. The smallest absolute Gasteiger partial charge is 0.280 e. The van der Waals surface area contributed by atoms with Crippen molar-refractivity contribution in [2.45, 2.75) is 34.6 Å². The highest BCUT2D eigenvalue weighted by atomic mass is 32.2. The van der Waals surface area contributed by atoms with Crippen LogP contribution in [0.15, 0.2) is 39.1 Å². The summed E-state index contributed by atoms with van der Waals surface area (Å²) in [6.07, 6.45) is -5.79. The number of aliphatic hydroxyl groups excluding tert-OH is 1.